The molecule has 0 saturated carbocycles. The molecule has 0 atom stereocenters. The summed E-state index contributed by atoms with van der Waals surface area (Å²) in [5.74, 6) is -2.00. The molecule has 30 heavy (non-hydrogen) atoms. The highest BCUT2D eigenvalue weighted by atomic mass is 19.4. The van der Waals surface area contributed by atoms with Crippen molar-refractivity contribution in [2.75, 3.05) is 6.54 Å². The number of unbranched alkanes of at least 4 members (excludes halogenated alkanes) is 1. The lowest BCUT2D eigenvalue weighted by Crippen LogP contribution is -2.24. The van der Waals surface area contributed by atoms with Crippen LogP contribution in [0, 0.1) is 0 Å². The van der Waals surface area contributed by atoms with Gasteiger partial charge in [-0.3, -0.25) is 9.78 Å². The zero-order valence-corrected chi connectivity index (χ0v) is 15.6. The van der Waals surface area contributed by atoms with Crippen molar-refractivity contribution in [1.82, 2.24) is 15.5 Å². The lowest BCUT2D eigenvalue weighted by molar-refractivity contribution is -0.192. The summed E-state index contributed by atoms with van der Waals surface area (Å²) in [5.41, 5.74) is 1.51. The number of halogens is 3. The third kappa shape index (κ3) is 7.41. The highest BCUT2D eigenvalue weighted by Gasteiger charge is 2.38. The van der Waals surface area contributed by atoms with Crippen LogP contribution in [0.15, 0.2) is 57.9 Å². The van der Waals surface area contributed by atoms with Gasteiger partial charge >= 0.3 is 12.1 Å². The van der Waals surface area contributed by atoms with Crippen LogP contribution in [0.4, 0.5) is 13.2 Å². The summed E-state index contributed by atoms with van der Waals surface area (Å²) < 4.78 is 42.0. The number of carbonyl (C=O) groups is 2. The predicted octanol–water partition coefficient (Wildman–Crippen LogP) is 3.72. The standard InChI is InChI=1S/C17H17N3O3.C2HF3O2/c21-17(14-12-16(23-20-14)15-5-3-11-22-15)19-8-2-1-4-13-6-9-18-10-7-13;3-2(4,5)1(6)7/h3,5-7,9-12H,1-2,4,8H2,(H,19,21);(H,6,7). The summed E-state index contributed by atoms with van der Waals surface area (Å²) in [4.78, 5) is 24.9. The Morgan fingerprint density at radius 2 is 1.80 bits per heavy atom. The monoisotopic (exact) mass is 425 g/mol. The molecule has 0 radical (unpaired) electrons. The third-order valence-electron chi connectivity index (χ3n) is 3.68. The number of rotatable bonds is 7. The molecule has 3 aromatic heterocycles. The fraction of sp³-hybridized carbons (Fsp3) is 0.263. The van der Waals surface area contributed by atoms with Crippen molar-refractivity contribution in [3.05, 3.63) is 60.2 Å². The maximum atomic E-state index is 12.0. The first kappa shape index (κ1) is 22.7. The number of carbonyl (C=O) groups excluding carboxylic acids is 1. The minimum atomic E-state index is -5.08. The van der Waals surface area contributed by atoms with Crippen LogP contribution in [0.25, 0.3) is 11.5 Å². The van der Waals surface area contributed by atoms with Crippen LogP contribution in [0.3, 0.4) is 0 Å². The number of hydrogen-bond donors (Lipinski definition) is 2. The number of amides is 1. The van der Waals surface area contributed by atoms with Gasteiger partial charge in [0.25, 0.3) is 5.91 Å². The molecule has 0 aliphatic heterocycles. The fourth-order valence-electron chi connectivity index (χ4n) is 2.21. The zero-order valence-electron chi connectivity index (χ0n) is 15.6. The largest absolute Gasteiger partial charge is 0.490 e. The predicted molar refractivity (Wildman–Crippen MR) is 97.4 cm³/mol. The Kier molecular flexibility index (Phi) is 8.15. The number of carboxylic acid groups (broad SMARTS) is 1. The van der Waals surface area contributed by atoms with E-state index in [1.54, 1.807) is 36.9 Å². The lowest BCUT2D eigenvalue weighted by Gasteiger charge is -2.03. The van der Waals surface area contributed by atoms with Crippen LogP contribution in [0.5, 0.6) is 0 Å². The van der Waals surface area contributed by atoms with Gasteiger partial charge in [-0.25, -0.2) is 4.79 Å². The molecule has 3 aromatic rings. The van der Waals surface area contributed by atoms with Gasteiger partial charge in [0.15, 0.2) is 11.5 Å². The highest BCUT2D eigenvalue weighted by Crippen LogP contribution is 2.20. The van der Waals surface area contributed by atoms with Crippen molar-refractivity contribution < 1.29 is 36.8 Å². The molecule has 3 rings (SSSR count). The van der Waals surface area contributed by atoms with Crippen molar-refractivity contribution in [3.8, 4) is 11.5 Å². The molecule has 0 aliphatic carbocycles. The normalized spacial score (nSPS) is 10.8. The molecule has 3 heterocycles. The Morgan fingerprint density at radius 3 is 2.40 bits per heavy atom. The van der Waals surface area contributed by atoms with Crippen molar-refractivity contribution in [3.63, 3.8) is 0 Å². The van der Waals surface area contributed by atoms with E-state index >= 15 is 0 Å². The second-order valence-corrected chi connectivity index (χ2v) is 5.93. The number of nitrogens with zero attached hydrogens (tertiary/aromatic N) is 2. The molecule has 0 fully saturated rings. The summed E-state index contributed by atoms with van der Waals surface area (Å²) in [6.07, 6.45) is 2.92. The summed E-state index contributed by atoms with van der Waals surface area (Å²) in [5, 5.41) is 13.7. The van der Waals surface area contributed by atoms with E-state index in [0.29, 0.717) is 18.1 Å². The molecule has 160 valence electrons. The minimum absolute atomic E-state index is 0.240. The Morgan fingerprint density at radius 1 is 1.10 bits per heavy atom. The van der Waals surface area contributed by atoms with Gasteiger partial charge in [0.1, 0.15) is 0 Å². The first-order valence-electron chi connectivity index (χ1n) is 8.75. The van der Waals surface area contributed by atoms with Crippen molar-refractivity contribution in [1.29, 1.82) is 0 Å². The number of nitrogens with one attached hydrogen (secondary N) is 1. The molecule has 0 aromatic carbocycles. The van der Waals surface area contributed by atoms with Gasteiger partial charge in [0, 0.05) is 25.0 Å². The number of aromatic nitrogens is 2. The van der Waals surface area contributed by atoms with Crippen molar-refractivity contribution >= 4 is 11.9 Å². The third-order valence-corrected chi connectivity index (χ3v) is 3.68. The number of pyridine rings is 1. The van der Waals surface area contributed by atoms with E-state index in [2.05, 4.69) is 15.5 Å². The number of carboxylic acids is 1. The molecule has 0 spiro atoms. The fourth-order valence-corrected chi connectivity index (χ4v) is 2.21. The maximum Gasteiger partial charge on any atom is 0.490 e. The second kappa shape index (κ2) is 10.8. The van der Waals surface area contributed by atoms with Crippen molar-refractivity contribution in [2.45, 2.75) is 25.4 Å². The molecular formula is C19H18F3N3O5. The Bertz CT molecular complexity index is 925. The topological polar surface area (TPSA) is 118 Å². The first-order valence-corrected chi connectivity index (χ1v) is 8.75. The van der Waals surface area contributed by atoms with Crippen LogP contribution in [0.1, 0.15) is 28.9 Å². The molecule has 0 saturated heterocycles. The zero-order chi connectivity index (χ0) is 22.0. The number of furan rings is 1. The molecule has 11 heteroatoms. The first-order chi connectivity index (χ1) is 14.3. The minimum Gasteiger partial charge on any atom is -0.475 e. The maximum absolute atomic E-state index is 12.0. The van der Waals surface area contributed by atoms with E-state index in [1.165, 1.54) is 5.56 Å². The molecule has 8 nitrogen and oxygen atoms in total. The summed E-state index contributed by atoms with van der Waals surface area (Å²) in [6.45, 7) is 0.604. The van der Waals surface area contributed by atoms with Gasteiger partial charge in [-0.15, -0.1) is 0 Å². The van der Waals surface area contributed by atoms with Gasteiger partial charge in [0.2, 0.25) is 5.76 Å². The van der Waals surface area contributed by atoms with Crippen molar-refractivity contribution in [2.24, 2.45) is 0 Å². The van der Waals surface area contributed by atoms with E-state index in [9.17, 15) is 18.0 Å². The van der Waals surface area contributed by atoms with E-state index in [4.69, 9.17) is 18.8 Å². The Labute approximate surface area is 168 Å². The van der Waals surface area contributed by atoms with E-state index in [0.717, 1.165) is 19.3 Å². The Balaban J connectivity index is 0.000000396. The van der Waals surface area contributed by atoms with Gasteiger partial charge in [-0.1, -0.05) is 5.16 Å². The Hall–Kier alpha value is -3.63. The summed E-state index contributed by atoms with van der Waals surface area (Å²) >= 11 is 0. The van der Waals surface area contributed by atoms with Crippen LogP contribution < -0.4 is 5.32 Å². The summed E-state index contributed by atoms with van der Waals surface area (Å²) in [7, 11) is 0. The van der Waals surface area contributed by atoms with Crippen LogP contribution in [0.2, 0.25) is 0 Å². The van der Waals surface area contributed by atoms with E-state index in [-0.39, 0.29) is 11.6 Å². The average molecular weight is 425 g/mol. The van der Waals surface area contributed by atoms with E-state index in [1.807, 2.05) is 12.1 Å². The number of aryl methyl sites for hydroxylation is 1. The van der Waals surface area contributed by atoms with E-state index < -0.39 is 12.1 Å². The lowest BCUT2D eigenvalue weighted by atomic mass is 10.1. The molecule has 0 aliphatic rings. The quantitative estimate of drug-likeness (QED) is 0.554. The van der Waals surface area contributed by atoms with Gasteiger partial charge < -0.3 is 19.4 Å². The van der Waals surface area contributed by atoms with Crippen LogP contribution in [-0.4, -0.2) is 39.8 Å². The van der Waals surface area contributed by atoms with Gasteiger partial charge in [-0.05, 0) is 49.1 Å². The van der Waals surface area contributed by atoms with Crippen LogP contribution >= 0.6 is 0 Å². The SMILES string of the molecule is O=C(NCCCCc1ccncc1)c1cc(-c2ccco2)on1.O=C(O)C(F)(F)F. The molecule has 1 amide bonds. The second-order valence-electron chi connectivity index (χ2n) is 5.93. The smallest absolute Gasteiger partial charge is 0.475 e. The molecule has 2 N–H and O–H groups in total. The number of hydrogen-bond acceptors (Lipinski definition) is 6. The summed E-state index contributed by atoms with van der Waals surface area (Å²) in [6, 6.07) is 9.08. The molecular weight excluding hydrogens is 407 g/mol. The van der Waals surface area contributed by atoms with Gasteiger partial charge in [-0.2, -0.15) is 13.2 Å². The molecule has 0 unspecified atom stereocenters. The highest BCUT2D eigenvalue weighted by molar-refractivity contribution is 5.92. The van der Waals surface area contributed by atoms with Crippen LogP contribution in [-0.2, 0) is 11.2 Å². The number of aliphatic carboxylic acids is 1. The average Bonchev–Trinajstić information content (AvgIpc) is 3.40. The number of alkyl halides is 3. The van der Waals surface area contributed by atoms with Gasteiger partial charge in [0.05, 0.1) is 6.26 Å². The molecule has 0 bridgehead atoms.